The van der Waals surface area contributed by atoms with Crippen LogP contribution in [0.1, 0.15) is 54.1 Å². The molecule has 0 aliphatic heterocycles. The summed E-state index contributed by atoms with van der Waals surface area (Å²) in [5.74, 6) is 0.229. The first-order chi connectivity index (χ1) is 10.7. The van der Waals surface area contributed by atoms with Crippen LogP contribution in [0.15, 0.2) is 34.9 Å². The van der Waals surface area contributed by atoms with Crippen LogP contribution in [-0.2, 0) is 0 Å². The van der Waals surface area contributed by atoms with Crippen LogP contribution in [0.3, 0.4) is 0 Å². The Kier molecular flexibility index (Phi) is 4.18. The van der Waals surface area contributed by atoms with E-state index in [1.165, 1.54) is 31.1 Å². The summed E-state index contributed by atoms with van der Waals surface area (Å²) >= 11 is 0. The van der Waals surface area contributed by atoms with E-state index in [1.54, 1.807) is 13.2 Å². The van der Waals surface area contributed by atoms with E-state index in [0.717, 1.165) is 24.2 Å². The Balaban J connectivity index is 2.09. The molecule has 1 aromatic carbocycles. The number of furan rings is 1. The van der Waals surface area contributed by atoms with Crippen molar-refractivity contribution in [3.05, 3.63) is 41.9 Å². The van der Waals surface area contributed by atoms with Crippen molar-refractivity contribution in [2.75, 3.05) is 7.11 Å². The normalized spacial score (nSPS) is 15.7. The average molecular weight is 300 g/mol. The Labute approximate surface area is 129 Å². The number of hydrogen-bond donors (Lipinski definition) is 1. The molecule has 0 unspecified atom stereocenters. The second-order valence-electron chi connectivity index (χ2n) is 5.76. The van der Waals surface area contributed by atoms with E-state index in [1.807, 2.05) is 18.2 Å². The molecular formula is C18H20O4. The molecule has 1 heterocycles. The molecule has 0 amide bonds. The number of methoxy groups -OCH3 is 1. The first-order valence-electron chi connectivity index (χ1n) is 7.70. The Morgan fingerprint density at radius 1 is 1.18 bits per heavy atom. The third kappa shape index (κ3) is 2.73. The summed E-state index contributed by atoms with van der Waals surface area (Å²) in [5, 5.41) is 9.30. The van der Waals surface area contributed by atoms with E-state index < -0.39 is 5.97 Å². The lowest BCUT2D eigenvalue weighted by Gasteiger charge is -2.24. The fraction of sp³-hybridized carbons (Fsp3) is 0.389. The number of hydrogen-bond acceptors (Lipinski definition) is 3. The lowest BCUT2D eigenvalue weighted by Crippen LogP contribution is -2.07. The summed E-state index contributed by atoms with van der Waals surface area (Å²) in [7, 11) is 1.65. The topological polar surface area (TPSA) is 59.7 Å². The van der Waals surface area contributed by atoms with Crippen LogP contribution in [0.25, 0.3) is 11.1 Å². The SMILES string of the molecule is COc1ccc(-c2ccoc2C(=O)O)c(C2CCCCC2)c1. The van der Waals surface area contributed by atoms with E-state index in [0.29, 0.717) is 11.5 Å². The van der Waals surface area contributed by atoms with Gasteiger partial charge in [-0.15, -0.1) is 0 Å². The van der Waals surface area contributed by atoms with Crippen molar-refractivity contribution in [3.63, 3.8) is 0 Å². The maximum atomic E-state index is 11.3. The molecule has 4 heteroatoms. The number of rotatable bonds is 4. The molecule has 1 fully saturated rings. The molecule has 4 nitrogen and oxygen atoms in total. The molecular weight excluding hydrogens is 280 g/mol. The lowest BCUT2D eigenvalue weighted by atomic mass is 9.80. The van der Waals surface area contributed by atoms with E-state index in [9.17, 15) is 9.90 Å². The minimum absolute atomic E-state index is 0.00206. The molecule has 0 atom stereocenters. The fourth-order valence-electron chi connectivity index (χ4n) is 3.35. The van der Waals surface area contributed by atoms with Crippen LogP contribution in [-0.4, -0.2) is 18.2 Å². The van der Waals surface area contributed by atoms with Gasteiger partial charge in [-0.3, -0.25) is 0 Å². The fourth-order valence-corrected chi connectivity index (χ4v) is 3.35. The number of carbonyl (C=O) groups is 1. The van der Waals surface area contributed by atoms with Crippen LogP contribution >= 0.6 is 0 Å². The number of ether oxygens (including phenoxy) is 1. The molecule has 2 aromatic rings. The van der Waals surface area contributed by atoms with Gasteiger partial charge >= 0.3 is 5.97 Å². The van der Waals surface area contributed by atoms with Gasteiger partial charge in [-0.1, -0.05) is 25.3 Å². The van der Waals surface area contributed by atoms with Crippen molar-refractivity contribution in [1.82, 2.24) is 0 Å². The van der Waals surface area contributed by atoms with Gasteiger partial charge in [-0.25, -0.2) is 4.79 Å². The molecule has 22 heavy (non-hydrogen) atoms. The van der Waals surface area contributed by atoms with E-state index in [4.69, 9.17) is 9.15 Å². The van der Waals surface area contributed by atoms with Gasteiger partial charge in [-0.05, 0) is 48.1 Å². The number of carboxylic acids is 1. The highest BCUT2D eigenvalue weighted by Crippen LogP contribution is 2.40. The van der Waals surface area contributed by atoms with Gasteiger partial charge < -0.3 is 14.3 Å². The predicted molar refractivity (Wildman–Crippen MR) is 83.5 cm³/mol. The summed E-state index contributed by atoms with van der Waals surface area (Å²) in [6.45, 7) is 0. The van der Waals surface area contributed by atoms with Gasteiger partial charge in [0, 0.05) is 5.56 Å². The molecule has 0 radical (unpaired) electrons. The van der Waals surface area contributed by atoms with Gasteiger partial charge in [0.25, 0.3) is 0 Å². The molecule has 1 N–H and O–H groups in total. The molecule has 1 aliphatic rings. The highest BCUT2D eigenvalue weighted by molar-refractivity contribution is 5.93. The summed E-state index contributed by atoms with van der Waals surface area (Å²) in [6, 6.07) is 7.60. The van der Waals surface area contributed by atoms with E-state index in [2.05, 4.69) is 0 Å². The van der Waals surface area contributed by atoms with Gasteiger partial charge in [-0.2, -0.15) is 0 Å². The minimum Gasteiger partial charge on any atom is -0.497 e. The van der Waals surface area contributed by atoms with Crippen LogP contribution in [0.2, 0.25) is 0 Å². The second kappa shape index (κ2) is 6.26. The zero-order chi connectivity index (χ0) is 15.5. The first kappa shape index (κ1) is 14.7. The highest BCUT2D eigenvalue weighted by Gasteiger charge is 2.23. The van der Waals surface area contributed by atoms with Crippen LogP contribution in [0.5, 0.6) is 5.75 Å². The number of benzene rings is 1. The molecule has 1 aromatic heterocycles. The van der Waals surface area contributed by atoms with E-state index >= 15 is 0 Å². The molecule has 1 aliphatic carbocycles. The van der Waals surface area contributed by atoms with Crippen LogP contribution in [0.4, 0.5) is 0 Å². The summed E-state index contributed by atoms with van der Waals surface area (Å²) in [4.78, 5) is 11.3. The standard InChI is InChI=1S/C18H20O4/c1-21-13-7-8-14(15-9-10-22-17(15)18(19)20)16(11-13)12-5-3-2-4-6-12/h7-12H,2-6H2,1H3,(H,19,20). The van der Waals surface area contributed by atoms with Gasteiger partial charge in [0.2, 0.25) is 5.76 Å². The minimum atomic E-state index is -1.04. The van der Waals surface area contributed by atoms with Crippen molar-refractivity contribution in [3.8, 4) is 16.9 Å². The van der Waals surface area contributed by atoms with Crippen molar-refractivity contribution >= 4 is 5.97 Å². The summed E-state index contributed by atoms with van der Waals surface area (Å²) in [5.41, 5.74) is 2.76. The zero-order valence-corrected chi connectivity index (χ0v) is 12.7. The Bertz CT molecular complexity index is 665. The first-order valence-corrected chi connectivity index (χ1v) is 7.70. The molecule has 0 saturated heterocycles. The molecule has 1 saturated carbocycles. The maximum absolute atomic E-state index is 11.3. The third-order valence-electron chi connectivity index (χ3n) is 4.45. The Morgan fingerprint density at radius 3 is 2.64 bits per heavy atom. The van der Waals surface area contributed by atoms with Crippen LogP contribution in [0, 0.1) is 0 Å². The largest absolute Gasteiger partial charge is 0.497 e. The van der Waals surface area contributed by atoms with Crippen molar-refractivity contribution in [2.24, 2.45) is 0 Å². The highest BCUT2D eigenvalue weighted by atomic mass is 16.5. The summed E-state index contributed by atoms with van der Waals surface area (Å²) in [6.07, 6.45) is 7.44. The monoisotopic (exact) mass is 300 g/mol. The molecule has 0 bridgehead atoms. The summed E-state index contributed by atoms with van der Waals surface area (Å²) < 4.78 is 10.5. The third-order valence-corrected chi connectivity index (χ3v) is 4.45. The predicted octanol–water partition coefficient (Wildman–Crippen LogP) is 4.70. The van der Waals surface area contributed by atoms with Gasteiger partial charge in [0.15, 0.2) is 0 Å². The van der Waals surface area contributed by atoms with Crippen molar-refractivity contribution in [1.29, 1.82) is 0 Å². The second-order valence-corrected chi connectivity index (χ2v) is 5.76. The number of aromatic carboxylic acids is 1. The van der Waals surface area contributed by atoms with E-state index in [-0.39, 0.29) is 5.76 Å². The van der Waals surface area contributed by atoms with Crippen LogP contribution < -0.4 is 4.74 Å². The Hall–Kier alpha value is -2.23. The molecule has 116 valence electrons. The lowest BCUT2D eigenvalue weighted by molar-refractivity contribution is 0.0663. The molecule has 3 rings (SSSR count). The van der Waals surface area contributed by atoms with Crippen molar-refractivity contribution in [2.45, 2.75) is 38.0 Å². The smallest absolute Gasteiger partial charge is 0.372 e. The van der Waals surface area contributed by atoms with Gasteiger partial charge in [0.05, 0.1) is 13.4 Å². The zero-order valence-electron chi connectivity index (χ0n) is 12.7. The van der Waals surface area contributed by atoms with Gasteiger partial charge in [0.1, 0.15) is 5.75 Å². The Morgan fingerprint density at radius 2 is 1.95 bits per heavy atom. The van der Waals surface area contributed by atoms with Crippen molar-refractivity contribution < 1.29 is 19.1 Å². The molecule has 0 spiro atoms. The quantitative estimate of drug-likeness (QED) is 0.889. The average Bonchev–Trinajstić information content (AvgIpc) is 3.05. The maximum Gasteiger partial charge on any atom is 0.372 e. The number of carboxylic acid groups (broad SMARTS) is 1.